The van der Waals surface area contributed by atoms with Crippen LogP contribution in [0.25, 0.3) is 0 Å². The average Bonchev–Trinajstić information content (AvgIpc) is 2.78. The zero-order valence-electron chi connectivity index (χ0n) is 15.8. The third-order valence-electron chi connectivity index (χ3n) is 4.96. The van der Waals surface area contributed by atoms with Crippen LogP contribution in [-0.2, 0) is 11.3 Å². The fraction of sp³-hybridized carbons (Fsp3) is 0.500. The molecule has 1 N–H and O–H groups in total. The molecule has 2 aliphatic heterocycles. The minimum absolute atomic E-state index is 0.0108. The molecule has 3 rings (SSSR count). The summed E-state index contributed by atoms with van der Waals surface area (Å²) in [6, 6.07) is 7.97. The van der Waals surface area contributed by atoms with Gasteiger partial charge in [0.25, 0.3) is 5.91 Å². The second kappa shape index (κ2) is 7.80. The van der Waals surface area contributed by atoms with Crippen LogP contribution in [0.5, 0.6) is 0 Å². The van der Waals surface area contributed by atoms with Gasteiger partial charge in [-0.25, -0.2) is 0 Å². The summed E-state index contributed by atoms with van der Waals surface area (Å²) in [4.78, 5) is 21.8. The van der Waals surface area contributed by atoms with E-state index in [0.29, 0.717) is 18.9 Å². The molecule has 0 unspecified atom stereocenters. The number of nitrogens with one attached hydrogen (secondary N) is 1. The van der Waals surface area contributed by atoms with Gasteiger partial charge in [0, 0.05) is 43.9 Å². The molecule has 1 amide bonds. The molecule has 1 fully saturated rings. The number of benzene rings is 1. The van der Waals surface area contributed by atoms with Crippen LogP contribution in [-0.4, -0.2) is 53.3 Å². The summed E-state index contributed by atoms with van der Waals surface area (Å²) < 4.78 is 0. The van der Waals surface area contributed by atoms with Crippen LogP contribution in [0.1, 0.15) is 32.8 Å². The standard InChI is InChI=1S/C20H27ClN4O/c1-15-7-8-22-18(23-12-15)19(26)25-10-9-24(14-20(25,2)3)13-16-5-4-6-17(21)11-16/h4-6,11-12H,7-10,13-14H2,1-3H3,(H,22,23). The Kier molecular flexibility index (Phi) is 5.68. The Labute approximate surface area is 160 Å². The van der Waals surface area contributed by atoms with Crippen LogP contribution < -0.4 is 5.32 Å². The van der Waals surface area contributed by atoms with Crippen LogP contribution in [0.15, 0.2) is 41.0 Å². The molecular formula is C20H27ClN4O. The smallest absolute Gasteiger partial charge is 0.289 e. The fourth-order valence-electron chi connectivity index (χ4n) is 3.57. The number of hydrogen-bond donors (Lipinski definition) is 1. The van der Waals surface area contributed by atoms with Crippen molar-refractivity contribution >= 4 is 23.3 Å². The molecule has 0 spiro atoms. The van der Waals surface area contributed by atoms with Gasteiger partial charge < -0.3 is 10.2 Å². The van der Waals surface area contributed by atoms with Crippen molar-refractivity contribution in [2.75, 3.05) is 26.2 Å². The van der Waals surface area contributed by atoms with Crippen LogP contribution in [0, 0.1) is 0 Å². The zero-order valence-corrected chi connectivity index (χ0v) is 16.5. The van der Waals surface area contributed by atoms with E-state index in [1.54, 1.807) is 0 Å². The maximum Gasteiger partial charge on any atom is 0.289 e. The lowest BCUT2D eigenvalue weighted by molar-refractivity contribution is -0.133. The van der Waals surface area contributed by atoms with Crippen LogP contribution in [0.2, 0.25) is 5.02 Å². The highest BCUT2D eigenvalue weighted by Gasteiger charge is 2.38. The molecule has 2 heterocycles. The lowest BCUT2D eigenvalue weighted by Crippen LogP contribution is -2.62. The minimum Gasteiger partial charge on any atom is -0.342 e. The molecular weight excluding hydrogens is 348 g/mol. The third-order valence-corrected chi connectivity index (χ3v) is 5.19. The summed E-state index contributed by atoms with van der Waals surface area (Å²) in [6.45, 7) is 10.1. The summed E-state index contributed by atoms with van der Waals surface area (Å²) in [5, 5.41) is 3.85. The summed E-state index contributed by atoms with van der Waals surface area (Å²) >= 11 is 6.10. The number of nitrogens with zero attached hydrogens (tertiary/aromatic N) is 3. The molecule has 0 radical (unpaired) electrons. The largest absolute Gasteiger partial charge is 0.342 e. The lowest BCUT2D eigenvalue weighted by Gasteiger charge is -2.47. The Morgan fingerprint density at radius 1 is 1.35 bits per heavy atom. The van der Waals surface area contributed by atoms with E-state index >= 15 is 0 Å². The topological polar surface area (TPSA) is 47.9 Å². The fourth-order valence-corrected chi connectivity index (χ4v) is 3.78. The molecule has 2 aliphatic rings. The quantitative estimate of drug-likeness (QED) is 0.884. The Balaban J connectivity index is 1.67. The van der Waals surface area contributed by atoms with Crippen molar-refractivity contribution in [3.63, 3.8) is 0 Å². The Bertz CT molecular complexity index is 741. The highest BCUT2D eigenvalue weighted by molar-refractivity contribution is 6.38. The number of hydrogen-bond acceptors (Lipinski definition) is 4. The molecule has 5 nitrogen and oxygen atoms in total. The molecule has 0 aromatic heterocycles. The lowest BCUT2D eigenvalue weighted by atomic mass is 9.98. The van der Waals surface area contributed by atoms with E-state index in [1.807, 2.05) is 29.3 Å². The van der Waals surface area contributed by atoms with Gasteiger partial charge in [-0.15, -0.1) is 0 Å². The highest BCUT2D eigenvalue weighted by atomic mass is 35.5. The maximum atomic E-state index is 13.0. The monoisotopic (exact) mass is 374 g/mol. The molecule has 1 aromatic rings. The molecule has 1 aromatic carbocycles. The van der Waals surface area contributed by atoms with Gasteiger partial charge in [-0.2, -0.15) is 0 Å². The number of aliphatic imine (C=N–C) groups is 1. The molecule has 0 aliphatic carbocycles. The molecule has 6 heteroatoms. The first-order chi connectivity index (χ1) is 12.3. The van der Waals surface area contributed by atoms with Crippen LogP contribution >= 0.6 is 11.6 Å². The first-order valence-corrected chi connectivity index (χ1v) is 9.48. The van der Waals surface area contributed by atoms with E-state index in [0.717, 1.165) is 31.1 Å². The number of amidine groups is 1. The second-order valence-electron chi connectivity index (χ2n) is 7.73. The molecule has 140 valence electrons. The minimum atomic E-state index is -0.261. The van der Waals surface area contributed by atoms with Crippen molar-refractivity contribution in [1.29, 1.82) is 0 Å². The van der Waals surface area contributed by atoms with Crippen molar-refractivity contribution in [2.24, 2.45) is 4.99 Å². The third kappa shape index (κ3) is 4.46. The van der Waals surface area contributed by atoms with E-state index in [1.165, 1.54) is 11.1 Å². The van der Waals surface area contributed by atoms with Crippen LogP contribution in [0.4, 0.5) is 0 Å². The number of amides is 1. The first-order valence-electron chi connectivity index (χ1n) is 9.10. The average molecular weight is 375 g/mol. The Hall–Kier alpha value is -1.85. The maximum absolute atomic E-state index is 13.0. The summed E-state index contributed by atoms with van der Waals surface area (Å²) in [7, 11) is 0. The van der Waals surface area contributed by atoms with E-state index in [-0.39, 0.29) is 11.4 Å². The predicted octanol–water partition coefficient (Wildman–Crippen LogP) is 3.06. The normalized spacial score (nSPS) is 20.7. The number of carbonyl (C=O) groups excluding carboxylic acids is 1. The SMILES string of the molecule is CC1=CNC(C(=O)N2CCN(Cc3cccc(Cl)c3)CC2(C)C)=NCC1. The van der Waals surface area contributed by atoms with E-state index in [2.05, 4.69) is 42.0 Å². The van der Waals surface area contributed by atoms with Gasteiger partial charge in [-0.3, -0.25) is 14.7 Å². The first kappa shape index (κ1) is 18.9. The van der Waals surface area contributed by atoms with Crippen molar-refractivity contribution in [1.82, 2.24) is 15.1 Å². The molecule has 26 heavy (non-hydrogen) atoms. The van der Waals surface area contributed by atoms with Gasteiger partial charge in [-0.05, 0) is 44.9 Å². The van der Waals surface area contributed by atoms with Gasteiger partial charge in [0.05, 0.1) is 5.54 Å². The summed E-state index contributed by atoms with van der Waals surface area (Å²) in [5.74, 6) is 0.446. The van der Waals surface area contributed by atoms with Crippen molar-refractivity contribution in [3.8, 4) is 0 Å². The van der Waals surface area contributed by atoms with Crippen molar-refractivity contribution < 1.29 is 4.79 Å². The van der Waals surface area contributed by atoms with Gasteiger partial charge in [-0.1, -0.05) is 29.3 Å². The number of halogens is 1. The van der Waals surface area contributed by atoms with Gasteiger partial charge in [0.15, 0.2) is 5.84 Å². The van der Waals surface area contributed by atoms with Gasteiger partial charge >= 0.3 is 0 Å². The van der Waals surface area contributed by atoms with E-state index in [9.17, 15) is 4.79 Å². The Morgan fingerprint density at radius 2 is 2.15 bits per heavy atom. The van der Waals surface area contributed by atoms with Gasteiger partial charge in [0.1, 0.15) is 0 Å². The van der Waals surface area contributed by atoms with E-state index < -0.39 is 0 Å². The highest BCUT2D eigenvalue weighted by Crippen LogP contribution is 2.23. The molecule has 0 atom stereocenters. The van der Waals surface area contributed by atoms with Crippen molar-refractivity contribution in [2.45, 2.75) is 39.3 Å². The molecule has 0 saturated carbocycles. The second-order valence-corrected chi connectivity index (χ2v) is 8.16. The number of rotatable bonds is 3. The van der Waals surface area contributed by atoms with Crippen molar-refractivity contribution in [3.05, 3.63) is 46.6 Å². The summed E-state index contributed by atoms with van der Waals surface area (Å²) in [6.07, 6.45) is 2.78. The molecule has 0 bridgehead atoms. The summed E-state index contributed by atoms with van der Waals surface area (Å²) in [5.41, 5.74) is 2.15. The molecule has 1 saturated heterocycles. The van der Waals surface area contributed by atoms with Gasteiger partial charge in [0.2, 0.25) is 0 Å². The predicted molar refractivity (Wildman–Crippen MR) is 106 cm³/mol. The number of carbonyl (C=O) groups is 1. The number of piperazine rings is 1. The van der Waals surface area contributed by atoms with E-state index in [4.69, 9.17) is 11.6 Å². The zero-order chi connectivity index (χ0) is 18.7. The van der Waals surface area contributed by atoms with Crippen LogP contribution in [0.3, 0.4) is 0 Å². The Morgan fingerprint density at radius 3 is 2.88 bits per heavy atom.